The van der Waals surface area contributed by atoms with Gasteiger partial charge in [-0.2, -0.15) is 0 Å². The second-order valence-corrected chi connectivity index (χ2v) is 11.4. The first-order valence-electron chi connectivity index (χ1n) is 12.7. The maximum Gasteiger partial charge on any atom is 0.264 e. The molecule has 0 fully saturated rings. The van der Waals surface area contributed by atoms with Gasteiger partial charge in [0.15, 0.2) is 0 Å². The van der Waals surface area contributed by atoms with Gasteiger partial charge in [0.2, 0.25) is 11.8 Å². The molecule has 1 N–H and O–H groups in total. The van der Waals surface area contributed by atoms with Crippen molar-refractivity contribution in [2.24, 2.45) is 0 Å². The summed E-state index contributed by atoms with van der Waals surface area (Å²) < 4.78 is 28.7. The lowest BCUT2D eigenvalue weighted by molar-refractivity contribution is -0.139. The van der Waals surface area contributed by atoms with E-state index in [-0.39, 0.29) is 29.5 Å². The van der Waals surface area contributed by atoms with Crippen LogP contribution in [0.3, 0.4) is 0 Å². The van der Waals surface area contributed by atoms with E-state index in [1.54, 1.807) is 36.4 Å². The Morgan fingerprint density at radius 3 is 1.95 bits per heavy atom. The summed E-state index contributed by atoms with van der Waals surface area (Å²) in [5.41, 5.74) is 1.91. The molecule has 0 aliphatic heterocycles. The van der Waals surface area contributed by atoms with Gasteiger partial charge >= 0.3 is 0 Å². The Hall–Kier alpha value is -4.14. The van der Waals surface area contributed by atoms with E-state index in [1.165, 1.54) is 30.1 Å². The van der Waals surface area contributed by atoms with Gasteiger partial charge in [-0.3, -0.25) is 13.9 Å². The van der Waals surface area contributed by atoms with Gasteiger partial charge in [0.05, 0.1) is 10.6 Å². The van der Waals surface area contributed by atoms with Crippen molar-refractivity contribution < 1.29 is 18.0 Å². The summed E-state index contributed by atoms with van der Waals surface area (Å²) in [4.78, 5) is 28.8. The fourth-order valence-corrected chi connectivity index (χ4v) is 5.99. The van der Waals surface area contributed by atoms with Gasteiger partial charge in [0.1, 0.15) is 12.6 Å². The van der Waals surface area contributed by atoms with E-state index in [0.29, 0.717) is 5.02 Å². The highest BCUT2D eigenvalue weighted by molar-refractivity contribution is 7.92. The van der Waals surface area contributed by atoms with Crippen molar-refractivity contribution in [3.63, 3.8) is 0 Å². The minimum absolute atomic E-state index is 0.0320. The molecule has 0 unspecified atom stereocenters. The molecular weight excluding hydrogens is 546 g/mol. The summed E-state index contributed by atoms with van der Waals surface area (Å²) in [5, 5.41) is 3.00. The van der Waals surface area contributed by atoms with Crippen molar-refractivity contribution in [1.82, 2.24) is 10.2 Å². The summed E-state index contributed by atoms with van der Waals surface area (Å²) in [7, 11) is -2.64. The summed E-state index contributed by atoms with van der Waals surface area (Å²) in [6.45, 7) is -0.425. The third-order valence-electron chi connectivity index (χ3n) is 6.42. The third kappa shape index (κ3) is 7.08. The maximum absolute atomic E-state index is 14.2. The van der Waals surface area contributed by atoms with Crippen LogP contribution in [0.5, 0.6) is 0 Å². The lowest BCUT2D eigenvalue weighted by atomic mass is 10.0. The molecule has 0 saturated carbocycles. The molecule has 2 amide bonds. The van der Waals surface area contributed by atoms with Crippen LogP contribution in [0, 0.1) is 0 Å². The number of rotatable bonds is 11. The number of anilines is 1. The highest BCUT2D eigenvalue weighted by Crippen LogP contribution is 2.27. The van der Waals surface area contributed by atoms with Gasteiger partial charge in [0.25, 0.3) is 10.0 Å². The molecule has 0 aliphatic rings. The number of hydrogen-bond donors (Lipinski definition) is 1. The maximum atomic E-state index is 14.2. The van der Waals surface area contributed by atoms with Crippen LogP contribution in [0.15, 0.2) is 120 Å². The first-order chi connectivity index (χ1) is 19.3. The standard InChI is InChI=1S/C31H30ClN3O4S/c1-33-31(37)29(20-24-12-5-2-6-13-24)34(22-25-14-7-3-8-15-25)30(36)23-35(27-17-11-16-26(32)21-27)40(38,39)28-18-9-4-10-19-28/h2-19,21,29H,20,22-23H2,1H3,(H,33,37)/t29-/m0/s1. The number of sulfonamides is 1. The fraction of sp³-hybridized carbons (Fsp3) is 0.161. The van der Waals surface area contributed by atoms with E-state index in [0.717, 1.165) is 15.4 Å². The molecule has 0 spiro atoms. The van der Waals surface area contributed by atoms with Crippen molar-refractivity contribution in [3.05, 3.63) is 131 Å². The number of halogens is 1. The second-order valence-electron chi connectivity index (χ2n) is 9.13. The molecule has 40 heavy (non-hydrogen) atoms. The van der Waals surface area contributed by atoms with Crippen LogP contribution in [0.25, 0.3) is 0 Å². The minimum atomic E-state index is -4.16. The molecule has 206 valence electrons. The number of nitrogens with zero attached hydrogens (tertiary/aromatic N) is 2. The number of nitrogens with one attached hydrogen (secondary N) is 1. The zero-order chi connectivity index (χ0) is 28.5. The van der Waals surface area contributed by atoms with Crippen molar-refractivity contribution in [2.45, 2.75) is 23.9 Å². The molecule has 0 bridgehead atoms. The number of benzene rings is 4. The van der Waals surface area contributed by atoms with E-state index in [1.807, 2.05) is 60.7 Å². The Labute approximate surface area is 240 Å². The monoisotopic (exact) mass is 575 g/mol. The van der Waals surface area contributed by atoms with Gasteiger partial charge in [-0.25, -0.2) is 8.42 Å². The van der Waals surface area contributed by atoms with Crippen LogP contribution in [0.4, 0.5) is 5.69 Å². The van der Waals surface area contributed by atoms with Crippen LogP contribution in [0.1, 0.15) is 11.1 Å². The van der Waals surface area contributed by atoms with Gasteiger partial charge in [0, 0.05) is 25.0 Å². The first-order valence-corrected chi connectivity index (χ1v) is 14.5. The van der Waals surface area contributed by atoms with E-state index in [9.17, 15) is 18.0 Å². The predicted molar refractivity (Wildman–Crippen MR) is 157 cm³/mol. The van der Waals surface area contributed by atoms with E-state index < -0.39 is 28.5 Å². The number of carbonyl (C=O) groups excluding carboxylic acids is 2. The quantitative estimate of drug-likeness (QED) is 0.275. The number of amides is 2. The van der Waals surface area contributed by atoms with Crippen LogP contribution < -0.4 is 9.62 Å². The fourth-order valence-electron chi connectivity index (χ4n) is 4.38. The molecule has 0 saturated heterocycles. The van der Waals surface area contributed by atoms with E-state index >= 15 is 0 Å². The SMILES string of the molecule is CNC(=O)[C@H](Cc1ccccc1)N(Cc1ccccc1)C(=O)CN(c1cccc(Cl)c1)S(=O)(=O)c1ccccc1. The lowest BCUT2D eigenvalue weighted by Gasteiger charge is -2.33. The largest absolute Gasteiger partial charge is 0.357 e. The molecule has 0 radical (unpaired) electrons. The molecule has 4 rings (SSSR count). The normalized spacial score (nSPS) is 11.8. The van der Waals surface area contributed by atoms with Gasteiger partial charge in [-0.15, -0.1) is 0 Å². The Kier molecular flexibility index (Phi) is 9.58. The zero-order valence-corrected chi connectivity index (χ0v) is 23.6. The van der Waals surface area contributed by atoms with E-state index in [4.69, 9.17) is 11.6 Å². The Balaban J connectivity index is 1.77. The molecular formula is C31H30ClN3O4S. The van der Waals surface area contributed by atoms with E-state index in [2.05, 4.69) is 5.32 Å². The molecule has 0 aromatic heterocycles. The van der Waals surface area contributed by atoms with Crippen molar-refractivity contribution in [1.29, 1.82) is 0 Å². The van der Waals surface area contributed by atoms with Gasteiger partial charge < -0.3 is 10.2 Å². The van der Waals surface area contributed by atoms with Crippen LogP contribution >= 0.6 is 11.6 Å². The molecule has 9 heteroatoms. The molecule has 7 nitrogen and oxygen atoms in total. The molecule has 4 aromatic carbocycles. The summed E-state index contributed by atoms with van der Waals surface area (Å²) in [6, 6.07) is 32.0. The Bertz CT molecular complexity index is 1530. The minimum Gasteiger partial charge on any atom is -0.357 e. The molecule has 0 heterocycles. The van der Waals surface area contributed by atoms with Crippen LogP contribution in [-0.4, -0.2) is 44.8 Å². The highest BCUT2D eigenvalue weighted by atomic mass is 35.5. The van der Waals surface area contributed by atoms with Gasteiger partial charge in [-0.05, 0) is 41.5 Å². The van der Waals surface area contributed by atoms with Crippen molar-refractivity contribution in [3.8, 4) is 0 Å². The molecule has 0 aliphatic carbocycles. The van der Waals surface area contributed by atoms with Crippen molar-refractivity contribution >= 4 is 39.1 Å². The molecule has 1 atom stereocenters. The Morgan fingerprint density at radius 2 is 1.38 bits per heavy atom. The second kappa shape index (κ2) is 13.3. The van der Waals surface area contributed by atoms with Crippen LogP contribution in [-0.2, 0) is 32.6 Å². The summed E-state index contributed by atoms with van der Waals surface area (Å²) in [5.74, 6) is -0.888. The highest BCUT2D eigenvalue weighted by Gasteiger charge is 2.34. The average Bonchev–Trinajstić information content (AvgIpc) is 2.98. The smallest absolute Gasteiger partial charge is 0.264 e. The number of hydrogen-bond acceptors (Lipinski definition) is 4. The number of likely N-dealkylation sites (N-methyl/N-ethyl adjacent to an activating group) is 1. The zero-order valence-electron chi connectivity index (χ0n) is 22.0. The lowest BCUT2D eigenvalue weighted by Crippen LogP contribution is -2.53. The third-order valence-corrected chi connectivity index (χ3v) is 8.44. The average molecular weight is 576 g/mol. The van der Waals surface area contributed by atoms with Crippen molar-refractivity contribution in [2.75, 3.05) is 17.9 Å². The summed E-state index contributed by atoms with van der Waals surface area (Å²) in [6.07, 6.45) is 0.252. The van der Waals surface area contributed by atoms with Crippen LogP contribution in [0.2, 0.25) is 5.02 Å². The Morgan fingerprint density at radius 1 is 0.800 bits per heavy atom. The topological polar surface area (TPSA) is 86.8 Å². The first kappa shape index (κ1) is 28.9. The summed E-state index contributed by atoms with van der Waals surface area (Å²) >= 11 is 6.22. The van der Waals surface area contributed by atoms with Gasteiger partial charge in [-0.1, -0.05) is 96.5 Å². The molecule has 4 aromatic rings. The number of carbonyl (C=O) groups is 2. The predicted octanol–water partition coefficient (Wildman–Crippen LogP) is 4.92.